The van der Waals surface area contributed by atoms with Crippen LogP contribution < -0.4 is 9.47 Å². The molecule has 2 rings (SSSR count). The summed E-state index contributed by atoms with van der Waals surface area (Å²) in [5, 5.41) is 0. The highest BCUT2D eigenvalue weighted by Crippen LogP contribution is 2.32. The summed E-state index contributed by atoms with van der Waals surface area (Å²) in [4.78, 5) is 10.7. The SMILES string of the molecule is CCOc1cc(C=O)cc(F)c1OCc1ccccc1. The minimum Gasteiger partial charge on any atom is -0.490 e. The summed E-state index contributed by atoms with van der Waals surface area (Å²) in [6.45, 7) is 2.38. The van der Waals surface area contributed by atoms with Gasteiger partial charge in [-0.3, -0.25) is 4.79 Å². The van der Waals surface area contributed by atoms with Crippen LogP contribution in [0.25, 0.3) is 0 Å². The normalized spacial score (nSPS) is 10.1. The first-order valence-corrected chi connectivity index (χ1v) is 6.33. The smallest absolute Gasteiger partial charge is 0.197 e. The van der Waals surface area contributed by atoms with Crippen LogP contribution in [0, 0.1) is 5.82 Å². The van der Waals surface area contributed by atoms with Crippen molar-refractivity contribution in [3.05, 3.63) is 59.4 Å². The van der Waals surface area contributed by atoms with Crippen LogP contribution >= 0.6 is 0 Å². The monoisotopic (exact) mass is 274 g/mol. The van der Waals surface area contributed by atoms with Crippen LogP contribution in [0.1, 0.15) is 22.8 Å². The molecule has 104 valence electrons. The van der Waals surface area contributed by atoms with E-state index >= 15 is 0 Å². The molecule has 0 unspecified atom stereocenters. The van der Waals surface area contributed by atoms with Gasteiger partial charge in [0.05, 0.1) is 6.61 Å². The van der Waals surface area contributed by atoms with Crippen LogP contribution in [0.4, 0.5) is 4.39 Å². The Labute approximate surface area is 117 Å². The second kappa shape index (κ2) is 6.70. The molecule has 0 bridgehead atoms. The minimum atomic E-state index is -0.603. The standard InChI is InChI=1S/C16H15FO3/c1-2-19-15-9-13(10-18)8-14(17)16(15)20-11-12-6-4-3-5-7-12/h3-10H,2,11H2,1H3. The Balaban J connectivity index is 2.23. The van der Waals surface area contributed by atoms with Crippen molar-refractivity contribution >= 4 is 6.29 Å². The van der Waals surface area contributed by atoms with Crippen LogP contribution in [0.2, 0.25) is 0 Å². The van der Waals surface area contributed by atoms with Gasteiger partial charge in [-0.25, -0.2) is 4.39 Å². The van der Waals surface area contributed by atoms with E-state index in [2.05, 4.69) is 0 Å². The molecule has 0 radical (unpaired) electrons. The highest BCUT2D eigenvalue weighted by atomic mass is 19.1. The van der Waals surface area contributed by atoms with E-state index in [0.29, 0.717) is 12.9 Å². The molecule has 0 spiro atoms. The molecule has 0 aliphatic heterocycles. The number of aldehydes is 1. The quantitative estimate of drug-likeness (QED) is 0.755. The summed E-state index contributed by atoms with van der Waals surface area (Å²) in [6.07, 6.45) is 0.576. The van der Waals surface area contributed by atoms with Gasteiger partial charge in [0.1, 0.15) is 12.9 Å². The lowest BCUT2D eigenvalue weighted by Gasteiger charge is -2.13. The van der Waals surface area contributed by atoms with Crippen molar-refractivity contribution in [3.63, 3.8) is 0 Å². The third-order valence-corrected chi connectivity index (χ3v) is 2.69. The fourth-order valence-corrected chi connectivity index (χ4v) is 1.79. The summed E-state index contributed by atoms with van der Waals surface area (Å²) >= 11 is 0. The third kappa shape index (κ3) is 3.35. The predicted molar refractivity (Wildman–Crippen MR) is 73.7 cm³/mol. The van der Waals surface area contributed by atoms with E-state index in [-0.39, 0.29) is 23.7 Å². The van der Waals surface area contributed by atoms with E-state index in [1.165, 1.54) is 6.07 Å². The van der Waals surface area contributed by atoms with Crippen LogP contribution in [-0.4, -0.2) is 12.9 Å². The Bertz CT molecular complexity index is 582. The van der Waals surface area contributed by atoms with Gasteiger partial charge in [0.2, 0.25) is 0 Å². The van der Waals surface area contributed by atoms with Crippen molar-refractivity contribution in [2.75, 3.05) is 6.61 Å². The summed E-state index contributed by atoms with van der Waals surface area (Å²) in [5.41, 5.74) is 1.15. The lowest BCUT2D eigenvalue weighted by molar-refractivity contribution is 0.112. The second-order valence-corrected chi connectivity index (χ2v) is 4.16. The molecule has 20 heavy (non-hydrogen) atoms. The minimum absolute atomic E-state index is 0.0290. The average molecular weight is 274 g/mol. The summed E-state index contributed by atoms with van der Waals surface area (Å²) < 4.78 is 24.8. The third-order valence-electron chi connectivity index (χ3n) is 2.69. The Morgan fingerprint density at radius 1 is 1.15 bits per heavy atom. The van der Waals surface area contributed by atoms with Crippen molar-refractivity contribution in [2.24, 2.45) is 0 Å². The van der Waals surface area contributed by atoms with E-state index in [4.69, 9.17) is 9.47 Å². The molecule has 0 saturated heterocycles. The first-order valence-electron chi connectivity index (χ1n) is 6.33. The number of hydrogen-bond donors (Lipinski definition) is 0. The van der Waals surface area contributed by atoms with Gasteiger partial charge in [0.25, 0.3) is 0 Å². The van der Waals surface area contributed by atoms with Gasteiger partial charge >= 0.3 is 0 Å². The maximum absolute atomic E-state index is 14.0. The lowest BCUT2D eigenvalue weighted by atomic mass is 10.2. The first-order chi connectivity index (χ1) is 9.74. The molecule has 0 heterocycles. The highest BCUT2D eigenvalue weighted by molar-refractivity contribution is 5.76. The van der Waals surface area contributed by atoms with Gasteiger partial charge < -0.3 is 9.47 Å². The van der Waals surface area contributed by atoms with Crippen molar-refractivity contribution in [3.8, 4) is 11.5 Å². The van der Waals surface area contributed by atoms with Crippen molar-refractivity contribution < 1.29 is 18.7 Å². The van der Waals surface area contributed by atoms with E-state index in [1.54, 1.807) is 6.92 Å². The molecule has 2 aromatic carbocycles. The molecule has 0 aliphatic rings. The van der Waals surface area contributed by atoms with Gasteiger partial charge in [0.15, 0.2) is 17.3 Å². The first kappa shape index (κ1) is 14.1. The fraction of sp³-hybridized carbons (Fsp3) is 0.188. The largest absolute Gasteiger partial charge is 0.490 e. The molecule has 4 heteroatoms. The van der Waals surface area contributed by atoms with Crippen LogP contribution in [-0.2, 0) is 6.61 Å². The predicted octanol–water partition coefficient (Wildman–Crippen LogP) is 3.62. The van der Waals surface area contributed by atoms with Gasteiger partial charge in [-0.1, -0.05) is 30.3 Å². The van der Waals surface area contributed by atoms with Gasteiger partial charge in [-0.15, -0.1) is 0 Å². The van der Waals surface area contributed by atoms with E-state index in [0.717, 1.165) is 11.6 Å². The summed E-state index contributed by atoms with van der Waals surface area (Å²) in [5.74, 6) is -0.333. The van der Waals surface area contributed by atoms with E-state index < -0.39 is 5.82 Å². The van der Waals surface area contributed by atoms with E-state index in [1.807, 2.05) is 30.3 Å². The number of carbonyl (C=O) groups excluding carboxylic acids is 1. The Kier molecular flexibility index (Phi) is 4.71. The topological polar surface area (TPSA) is 35.5 Å². The number of hydrogen-bond acceptors (Lipinski definition) is 3. The molecule has 0 atom stereocenters. The maximum atomic E-state index is 14.0. The van der Waals surface area contributed by atoms with Crippen LogP contribution in [0.3, 0.4) is 0 Å². The zero-order chi connectivity index (χ0) is 14.4. The van der Waals surface area contributed by atoms with Crippen molar-refractivity contribution in [1.29, 1.82) is 0 Å². The second-order valence-electron chi connectivity index (χ2n) is 4.16. The van der Waals surface area contributed by atoms with Crippen molar-refractivity contribution in [2.45, 2.75) is 13.5 Å². The van der Waals surface area contributed by atoms with Gasteiger partial charge in [0, 0.05) is 5.56 Å². The number of benzene rings is 2. The molecule has 0 fully saturated rings. The zero-order valence-electron chi connectivity index (χ0n) is 11.1. The summed E-state index contributed by atoms with van der Waals surface area (Å²) in [6, 6.07) is 12.0. The van der Waals surface area contributed by atoms with Crippen LogP contribution in [0.15, 0.2) is 42.5 Å². The Hall–Kier alpha value is -2.36. The molecule has 0 aliphatic carbocycles. The molecular formula is C16H15FO3. The molecule has 0 aromatic heterocycles. The summed E-state index contributed by atoms with van der Waals surface area (Å²) in [7, 11) is 0. The maximum Gasteiger partial charge on any atom is 0.197 e. The zero-order valence-corrected chi connectivity index (χ0v) is 11.1. The molecule has 0 N–H and O–H groups in total. The van der Waals surface area contributed by atoms with Gasteiger partial charge in [-0.2, -0.15) is 0 Å². The van der Waals surface area contributed by atoms with Gasteiger partial charge in [-0.05, 0) is 24.6 Å². The lowest BCUT2D eigenvalue weighted by Crippen LogP contribution is -2.02. The molecule has 2 aromatic rings. The molecule has 0 saturated carbocycles. The Morgan fingerprint density at radius 2 is 1.90 bits per heavy atom. The number of rotatable bonds is 6. The fourth-order valence-electron chi connectivity index (χ4n) is 1.79. The molecular weight excluding hydrogens is 259 g/mol. The van der Waals surface area contributed by atoms with E-state index in [9.17, 15) is 9.18 Å². The Morgan fingerprint density at radius 3 is 2.55 bits per heavy atom. The van der Waals surface area contributed by atoms with Crippen LogP contribution in [0.5, 0.6) is 11.5 Å². The molecule has 0 amide bonds. The average Bonchev–Trinajstić information content (AvgIpc) is 2.47. The number of ether oxygens (including phenoxy) is 2. The number of carbonyl (C=O) groups is 1. The number of halogens is 1. The van der Waals surface area contributed by atoms with Crippen molar-refractivity contribution in [1.82, 2.24) is 0 Å². The highest BCUT2D eigenvalue weighted by Gasteiger charge is 2.14. The molecule has 3 nitrogen and oxygen atoms in total.